The van der Waals surface area contributed by atoms with Gasteiger partial charge in [0.2, 0.25) is 0 Å². The molecule has 0 saturated carbocycles. The van der Waals surface area contributed by atoms with E-state index >= 15 is 0 Å². The average molecular weight is 425 g/mol. The molecule has 0 fully saturated rings. The lowest BCUT2D eigenvalue weighted by Gasteiger charge is -2.27. The third-order valence-corrected chi connectivity index (χ3v) is 7.42. The molecule has 1 heterocycles. The summed E-state index contributed by atoms with van der Waals surface area (Å²) in [7, 11) is -3.47. The monoisotopic (exact) mass is 424 g/mol. The van der Waals surface area contributed by atoms with Gasteiger partial charge in [-0.1, -0.05) is 41.1 Å². The number of nitrogens with zero attached hydrogens (tertiary/aromatic N) is 1. The largest absolute Gasteiger partial charge is 0.357 e. The molecule has 5 nitrogen and oxygen atoms in total. The maximum atomic E-state index is 13.5. The number of aryl methyl sites for hydroxylation is 1. The molecule has 1 unspecified atom stereocenters. The molecule has 1 N–H and O–H groups in total. The fourth-order valence-electron chi connectivity index (χ4n) is 2.75. The van der Waals surface area contributed by atoms with Crippen LogP contribution in [0.5, 0.6) is 0 Å². The Morgan fingerprint density at radius 3 is 2.44 bits per heavy atom. The number of halogens is 1. The molecule has 0 aliphatic carbocycles. The number of hydrogen-bond acceptors (Lipinski definition) is 6. The van der Waals surface area contributed by atoms with Crippen molar-refractivity contribution in [2.45, 2.75) is 26.6 Å². The van der Waals surface area contributed by atoms with Crippen molar-refractivity contribution in [1.82, 2.24) is 4.98 Å². The third kappa shape index (κ3) is 4.71. The van der Waals surface area contributed by atoms with E-state index in [2.05, 4.69) is 16.4 Å². The van der Waals surface area contributed by atoms with Gasteiger partial charge < -0.3 is 14.4 Å². The van der Waals surface area contributed by atoms with E-state index in [0.717, 1.165) is 15.8 Å². The van der Waals surface area contributed by atoms with Crippen molar-refractivity contribution in [1.29, 1.82) is 0 Å². The molecular formula is C19H22ClN2O3PS. The van der Waals surface area contributed by atoms with Gasteiger partial charge in [0.1, 0.15) is 0 Å². The number of rotatable bonds is 8. The van der Waals surface area contributed by atoms with Gasteiger partial charge in [-0.15, -0.1) is 0 Å². The van der Waals surface area contributed by atoms with Crippen LogP contribution in [0.25, 0.3) is 10.2 Å². The molecule has 0 amide bonds. The Morgan fingerprint density at radius 1 is 1.15 bits per heavy atom. The minimum atomic E-state index is -3.47. The van der Waals surface area contributed by atoms with Crippen LogP contribution in [-0.2, 0) is 13.6 Å². The second-order valence-corrected chi connectivity index (χ2v) is 9.54. The predicted octanol–water partition coefficient (Wildman–Crippen LogP) is 6.63. The van der Waals surface area contributed by atoms with Crippen LogP contribution >= 0.6 is 30.5 Å². The zero-order valence-corrected chi connectivity index (χ0v) is 17.9. The summed E-state index contributed by atoms with van der Waals surface area (Å²) in [5, 5.41) is 4.55. The summed E-state index contributed by atoms with van der Waals surface area (Å²) in [4.78, 5) is 4.62. The number of fused-ring (bicyclic) bond motifs is 1. The van der Waals surface area contributed by atoms with Crippen LogP contribution in [0.1, 0.15) is 30.8 Å². The topological polar surface area (TPSA) is 60.5 Å². The van der Waals surface area contributed by atoms with Crippen molar-refractivity contribution >= 4 is 45.9 Å². The van der Waals surface area contributed by atoms with Gasteiger partial charge in [0, 0.05) is 5.02 Å². The second kappa shape index (κ2) is 8.72. The van der Waals surface area contributed by atoms with Gasteiger partial charge >= 0.3 is 7.60 Å². The summed E-state index contributed by atoms with van der Waals surface area (Å²) in [6, 6.07) is 13.2. The molecule has 3 aromatic rings. The first-order chi connectivity index (χ1) is 12.9. The molecule has 0 saturated heterocycles. The van der Waals surface area contributed by atoms with Crippen LogP contribution in [0.4, 0.5) is 5.13 Å². The smallest absolute Gasteiger partial charge is 0.344 e. The fraction of sp³-hybridized carbons (Fsp3) is 0.316. The van der Waals surface area contributed by atoms with E-state index in [1.165, 1.54) is 16.9 Å². The molecule has 144 valence electrons. The number of benzene rings is 2. The lowest BCUT2D eigenvalue weighted by Crippen LogP contribution is -2.15. The summed E-state index contributed by atoms with van der Waals surface area (Å²) in [5.74, 6) is -0.684. The first-order valence-corrected chi connectivity index (χ1v) is 11.5. The van der Waals surface area contributed by atoms with E-state index < -0.39 is 13.4 Å². The normalized spacial score (nSPS) is 13.0. The van der Waals surface area contributed by atoms with Gasteiger partial charge in [-0.05, 0) is 56.2 Å². The maximum Gasteiger partial charge on any atom is 0.357 e. The van der Waals surface area contributed by atoms with Crippen molar-refractivity contribution < 1.29 is 13.6 Å². The number of aromatic nitrogens is 1. The molecule has 0 bridgehead atoms. The lowest BCUT2D eigenvalue weighted by atomic mass is 10.2. The Morgan fingerprint density at radius 2 is 1.81 bits per heavy atom. The third-order valence-electron chi connectivity index (χ3n) is 3.92. The maximum absolute atomic E-state index is 13.5. The zero-order valence-electron chi connectivity index (χ0n) is 15.4. The van der Waals surface area contributed by atoms with Crippen LogP contribution in [0.15, 0.2) is 42.5 Å². The number of nitrogens with one attached hydrogen (secondary N) is 1. The molecule has 1 atom stereocenters. The average Bonchev–Trinajstić information content (AvgIpc) is 3.02. The number of thiazole rings is 1. The van der Waals surface area contributed by atoms with Gasteiger partial charge in [0.15, 0.2) is 10.9 Å². The highest BCUT2D eigenvalue weighted by molar-refractivity contribution is 7.54. The molecule has 2 aromatic carbocycles. The highest BCUT2D eigenvalue weighted by atomic mass is 35.5. The van der Waals surface area contributed by atoms with E-state index in [1.54, 1.807) is 26.0 Å². The Bertz CT molecular complexity index is 951. The molecular weight excluding hydrogens is 403 g/mol. The molecule has 0 radical (unpaired) electrons. The standard InChI is InChI=1S/C19H22ClN2O3PS/c1-4-24-26(23,25-5-2)18(14-7-9-15(20)10-8-14)22-19-21-16-11-6-13(3)12-17(16)27-19/h6-12,18H,4-5H2,1-3H3,(H,21,22). The Labute approximate surface area is 168 Å². The Balaban J connectivity index is 2.02. The summed E-state index contributed by atoms with van der Waals surface area (Å²) in [6.07, 6.45) is 0. The van der Waals surface area contributed by atoms with Crippen LogP contribution < -0.4 is 5.32 Å². The van der Waals surface area contributed by atoms with E-state index in [4.69, 9.17) is 20.6 Å². The van der Waals surface area contributed by atoms with Crippen molar-refractivity contribution in [3.05, 3.63) is 58.6 Å². The van der Waals surface area contributed by atoms with Gasteiger partial charge in [0.25, 0.3) is 0 Å². The Hall–Kier alpha value is -1.43. The van der Waals surface area contributed by atoms with Crippen LogP contribution in [-0.4, -0.2) is 18.2 Å². The summed E-state index contributed by atoms with van der Waals surface area (Å²) in [6.45, 7) is 6.20. The number of anilines is 1. The van der Waals surface area contributed by atoms with Crippen molar-refractivity contribution in [2.75, 3.05) is 18.5 Å². The molecule has 3 rings (SSSR count). The van der Waals surface area contributed by atoms with Gasteiger partial charge in [-0.25, -0.2) is 4.98 Å². The fourth-order valence-corrected chi connectivity index (χ4v) is 5.86. The van der Waals surface area contributed by atoms with E-state index in [1.807, 2.05) is 31.2 Å². The lowest BCUT2D eigenvalue weighted by molar-refractivity contribution is 0.214. The second-order valence-electron chi connectivity index (χ2n) is 5.96. The molecule has 0 aliphatic rings. The molecule has 27 heavy (non-hydrogen) atoms. The van der Waals surface area contributed by atoms with Crippen LogP contribution in [0.2, 0.25) is 5.02 Å². The van der Waals surface area contributed by atoms with Crippen molar-refractivity contribution in [3.8, 4) is 0 Å². The van der Waals surface area contributed by atoms with E-state index in [9.17, 15) is 4.57 Å². The predicted molar refractivity (Wildman–Crippen MR) is 113 cm³/mol. The molecule has 0 aliphatic heterocycles. The SMILES string of the molecule is CCOP(=O)(OCC)C(Nc1nc2ccc(C)cc2s1)c1ccc(Cl)cc1. The van der Waals surface area contributed by atoms with E-state index in [0.29, 0.717) is 10.2 Å². The van der Waals surface area contributed by atoms with Gasteiger partial charge in [-0.2, -0.15) is 0 Å². The van der Waals surface area contributed by atoms with Gasteiger partial charge in [-0.3, -0.25) is 4.57 Å². The van der Waals surface area contributed by atoms with Crippen molar-refractivity contribution in [2.24, 2.45) is 0 Å². The van der Waals surface area contributed by atoms with Crippen LogP contribution in [0.3, 0.4) is 0 Å². The van der Waals surface area contributed by atoms with Gasteiger partial charge in [0.05, 0.1) is 23.4 Å². The summed E-state index contributed by atoms with van der Waals surface area (Å²) in [5.41, 5.74) is 2.83. The van der Waals surface area contributed by atoms with Crippen molar-refractivity contribution in [3.63, 3.8) is 0 Å². The number of hydrogen-bond donors (Lipinski definition) is 1. The first-order valence-electron chi connectivity index (χ1n) is 8.73. The minimum Gasteiger partial charge on any atom is -0.344 e. The summed E-state index contributed by atoms with van der Waals surface area (Å²) < 4.78 is 25.8. The zero-order chi connectivity index (χ0) is 19.4. The first kappa shape index (κ1) is 20.3. The highest BCUT2D eigenvalue weighted by Gasteiger charge is 2.37. The van der Waals surface area contributed by atoms with E-state index in [-0.39, 0.29) is 13.2 Å². The minimum absolute atomic E-state index is 0.280. The molecule has 0 spiro atoms. The molecule has 1 aromatic heterocycles. The molecule has 8 heteroatoms. The quantitative estimate of drug-likeness (QED) is 0.411. The van der Waals surface area contributed by atoms with Crippen LogP contribution in [0, 0.1) is 6.92 Å². The Kier molecular flexibility index (Phi) is 6.56. The summed E-state index contributed by atoms with van der Waals surface area (Å²) >= 11 is 7.53. The highest BCUT2D eigenvalue weighted by Crippen LogP contribution is 2.61.